The summed E-state index contributed by atoms with van der Waals surface area (Å²) >= 11 is 1.77. The highest BCUT2D eigenvalue weighted by Gasteiger charge is 2.12. The number of thioether (sulfide) groups is 1. The van der Waals surface area contributed by atoms with Crippen molar-refractivity contribution in [1.29, 1.82) is 0 Å². The van der Waals surface area contributed by atoms with E-state index in [4.69, 9.17) is 5.73 Å². The lowest BCUT2D eigenvalue weighted by Gasteiger charge is -2.23. The van der Waals surface area contributed by atoms with E-state index >= 15 is 0 Å². The highest BCUT2D eigenvalue weighted by Crippen LogP contribution is 2.03. The van der Waals surface area contributed by atoms with Crippen LogP contribution in [0.1, 0.15) is 19.8 Å². The largest absolute Gasteiger partial charge is 0.342 e. The van der Waals surface area contributed by atoms with E-state index in [1.54, 1.807) is 16.7 Å². The zero-order valence-corrected chi connectivity index (χ0v) is 9.56. The Morgan fingerprint density at radius 3 is 2.69 bits per heavy atom. The predicted octanol–water partition coefficient (Wildman–Crippen LogP) is 0.935. The van der Waals surface area contributed by atoms with Gasteiger partial charge in [-0.3, -0.25) is 4.79 Å². The summed E-state index contributed by atoms with van der Waals surface area (Å²) in [6, 6.07) is 0.154. The van der Waals surface area contributed by atoms with Gasteiger partial charge in [-0.2, -0.15) is 11.8 Å². The van der Waals surface area contributed by atoms with Gasteiger partial charge < -0.3 is 10.6 Å². The summed E-state index contributed by atoms with van der Waals surface area (Å²) < 4.78 is 0. The van der Waals surface area contributed by atoms with Crippen molar-refractivity contribution in [3.8, 4) is 0 Å². The molecule has 0 aromatic carbocycles. The normalized spacial score (nSPS) is 12.6. The van der Waals surface area contributed by atoms with E-state index in [1.165, 1.54) is 0 Å². The van der Waals surface area contributed by atoms with Gasteiger partial charge in [-0.05, 0) is 25.4 Å². The van der Waals surface area contributed by atoms with Crippen molar-refractivity contribution < 1.29 is 4.79 Å². The molecule has 0 aliphatic rings. The molecular formula is C9H20N2OS. The molecule has 1 amide bonds. The van der Waals surface area contributed by atoms with Crippen molar-refractivity contribution in [2.75, 3.05) is 25.6 Å². The van der Waals surface area contributed by atoms with Crippen molar-refractivity contribution in [3.05, 3.63) is 0 Å². The Labute approximate surface area is 85.0 Å². The van der Waals surface area contributed by atoms with Crippen LogP contribution in [0.2, 0.25) is 0 Å². The van der Waals surface area contributed by atoms with E-state index in [0.29, 0.717) is 13.0 Å². The standard InChI is InChI=1S/C9H20N2OS/c1-8(7-10)11(2)9(12)5-4-6-13-3/h8H,4-7,10H2,1-3H3. The van der Waals surface area contributed by atoms with Gasteiger partial charge in [0.05, 0.1) is 0 Å². The van der Waals surface area contributed by atoms with E-state index in [2.05, 4.69) is 6.26 Å². The van der Waals surface area contributed by atoms with E-state index in [9.17, 15) is 4.79 Å². The minimum absolute atomic E-state index is 0.154. The van der Waals surface area contributed by atoms with Crippen LogP contribution < -0.4 is 5.73 Å². The van der Waals surface area contributed by atoms with Crippen LogP contribution in [-0.4, -0.2) is 42.4 Å². The smallest absolute Gasteiger partial charge is 0.222 e. The van der Waals surface area contributed by atoms with Crippen molar-refractivity contribution in [2.24, 2.45) is 5.73 Å². The first-order chi connectivity index (χ1) is 6.13. The summed E-state index contributed by atoms with van der Waals surface area (Å²) in [4.78, 5) is 13.2. The topological polar surface area (TPSA) is 46.3 Å². The first-order valence-corrected chi connectivity index (χ1v) is 5.97. The van der Waals surface area contributed by atoms with Gasteiger partial charge >= 0.3 is 0 Å². The molecule has 78 valence electrons. The Hall–Kier alpha value is -0.220. The summed E-state index contributed by atoms with van der Waals surface area (Å²) in [5.41, 5.74) is 5.47. The number of nitrogens with two attached hydrogens (primary N) is 1. The number of rotatable bonds is 6. The summed E-state index contributed by atoms with van der Waals surface area (Å²) in [6.45, 7) is 2.50. The summed E-state index contributed by atoms with van der Waals surface area (Å²) in [5.74, 6) is 1.25. The van der Waals surface area contributed by atoms with Crippen LogP contribution in [0.4, 0.5) is 0 Å². The molecule has 3 nitrogen and oxygen atoms in total. The second kappa shape index (κ2) is 7.21. The number of likely N-dealkylation sites (N-methyl/N-ethyl adjacent to an activating group) is 1. The second-order valence-corrected chi connectivity index (χ2v) is 4.17. The fraction of sp³-hybridized carbons (Fsp3) is 0.889. The molecule has 0 aromatic rings. The zero-order chi connectivity index (χ0) is 10.3. The van der Waals surface area contributed by atoms with Gasteiger partial charge in [0.2, 0.25) is 5.91 Å². The second-order valence-electron chi connectivity index (χ2n) is 3.19. The number of nitrogens with zero attached hydrogens (tertiary/aromatic N) is 1. The molecule has 0 rings (SSSR count). The third-order valence-corrected chi connectivity index (χ3v) is 2.83. The molecule has 0 fully saturated rings. The molecule has 0 aliphatic carbocycles. The molecule has 0 radical (unpaired) electrons. The third kappa shape index (κ3) is 5.16. The molecule has 0 bridgehead atoms. The molecule has 0 aromatic heterocycles. The van der Waals surface area contributed by atoms with Crippen molar-refractivity contribution >= 4 is 17.7 Å². The number of carbonyl (C=O) groups excluding carboxylic acids is 1. The highest BCUT2D eigenvalue weighted by molar-refractivity contribution is 7.98. The van der Waals surface area contributed by atoms with Crippen molar-refractivity contribution in [2.45, 2.75) is 25.8 Å². The number of amides is 1. The fourth-order valence-corrected chi connectivity index (χ4v) is 1.38. The van der Waals surface area contributed by atoms with E-state index in [1.807, 2.05) is 14.0 Å². The minimum atomic E-state index is 0.154. The van der Waals surface area contributed by atoms with Gasteiger partial charge in [-0.15, -0.1) is 0 Å². The Bertz CT molecular complexity index is 153. The quantitative estimate of drug-likeness (QED) is 0.655. The van der Waals surface area contributed by atoms with Crippen LogP contribution in [0.3, 0.4) is 0 Å². The van der Waals surface area contributed by atoms with Gasteiger partial charge in [-0.25, -0.2) is 0 Å². The van der Waals surface area contributed by atoms with Gasteiger partial charge in [0.15, 0.2) is 0 Å². The van der Waals surface area contributed by atoms with Crippen LogP contribution >= 0.6 is 11.8 Å². The SMILES string of the molecule is CSCCCC(=O)N(C)C(C)CN. The van der Waals surface area contributed by atoms with Crippen LogP contribution in [0.5, 0.6) is 0 Å². The lowest BCUT2D eigenvalue weighted by molar-refractivity contribution is -0.131. The molecule has 0 saturated carbocycles. The molecule has 1 unspecified atom stereocenters. The van der Waals surface area contributed by atoms with E-state index in [-0.39, 0.29) is 11.9 Å². The van der Waals surface area contributed by atoms with Gasteiger partial charge in [0.25, 0.3) is 0 Å². The summed E-state index contributed by atoms with van der Waals surface area (Å²) in [7, 11) is 1.82. The molecule has 2 N–H and O–H groups in total. The van der Waals surface area contributed by atoms with Crippen LogP contribution in [0.15, 0.2) is 0 Å². The van der Waals surface area contributed by atoms with E-state index in [0.717, 1.165) is 12.2 Å². The van der Waals surface area contributed by atoms with Crippen LogP contribution in [-0.2, 0) is 4.79 Å². The molecule has 1 atom stereocenters. The Morgan fingerprint density at radius 1 is 1.62 bits per heavy atom. The maximum Gasteiger partial charge on any atom is 0.222 e. The average molecular weight is 204 g/mol. The Morgan fingerprint density at radius 2 is 2.23 bits per heavy atom. The molecule has 0 aliphatic heterocycles. The third-order valence-electron chi connectivity index (χ3n) is 2.13. The average Bonchev–Trinajstić information content (AvgIpc) is 2.15. The maximum atomic E-state index is 11.5. The van der Waals surface area contributed by atoms with Gasteiger partial charge in [-0.1, -0.05) is 0 Å². The maximum absolute atomic E-state index is 11.5. The van der Waals surface area contributed by atoms with Crippen LogP contribution in [0.25, 0.3) is 0 Å². The Kier molecular flexibility index (Phi) is 7.09. The molecule has 0 spiro atoms. The highest BCUT2D eigenvalue weighted by atomic mass is 32.2. The first kappa shape index (κ1) is 12.8. The first-order valence-electron chi connectivity index (χ1n) is 4.58. The lowest BCUT2D eigenvalue weighted by Crippen LogP contribution is -2.39. The monoisotopic (exact) mass is 204 g/mol. The van der Waals surface area contributed by atoms with E-state index < -0.39 is 0 Å². The van der Waals surface area contributed by atoms with Crippen LogP contribution in [0, 0.1) is 0 Å². The van der Waals surface area contributed by atoms with Gasteiger partial charge in [0.1, 0.15) is 0 Å². The molecule has 4 heteroatoms. The van der Waals surface area contributed by atoms with Gasteiger partial charge in [0, 0.05) is 26.1 Å². The number of carbonyl (C=O) groups is 1. The number of hydrogen-bond acceptors (Lipinski definition) is 3. The molecule has 13 heavy (non-hydrogen) atoms. The van der Waals surface area contributed by atoms with Crippen molar-refractivity contribution in [3.63, 3.8) is 0 Å². The summed E-state index contributed by atoms with van der Waals surface area (Å²) in [5, 5.41) is 0. The minimum Gasteiger partial charge on any atom is -0.342 e. The predicted molar refractivity (Wildman–Crippen MR) is 58.9 cm³/mol. The molecule has 0 saturated heterocycles. The fourth-order valence-electron chi connectivity index (χ4n) is 0.948. The summed E-state index contributed by atoms with van der Waals surface area (Å²) in [6.07, 6.45) is 3.65. The Balaban J connectivity index is 3.69. The number of hydrogen-bond donors (Lipinski definition) is 1. The molecular weight excluding hydrogens is 184 g/mol. The zero-order valence-electron chi connectivity index (χ0n) is 8.75. The molecule has 0 heterocycles. The lowest BCUT2D eigenvalue weighted by atomic mass is 10.2. The van der Waals surface area contributed by atoms with Crippen molar-refractivity contribution in [1.82, 2.24) is 4.90 Å².